The number of hydrazine groups is 1. The minimum absolute atomic E-state index is 0.304. The molecule has 2 heterocycles. The molecule has 158 valence electrons. The Kier molecular flexibility index (Phi) is 8.30. The van der Waals surface area contributed by atoms with Crippen molar-refractivity contribution in [1.82, 2.24) is 26.0 Å². The van der Waals surface area contributed by atoms with E-state index in [1.807, 2.05) is 0 Å². The normalized spacial score (nSPS) is 24.7. The smallest absolute Gasteiger partial charge is 0.0314 e. The Morgan fingerprint density at radius 1 is 1.00 bits per heavy atom. The summed E-state index contributed by atoms with van der Waals surface area (Å²) >= 11 is 0. The molecule has 0 aliphatic carbocycles. The lowest BCUT2D eigenvalue weighted by atomic mass is 9.80. The lowest BCUT2D eigenvalue weighted by Crippen LogP contribution is -2.46. The summed E-state index contributed by atoms with van der Waals surface area (Å²) in [6.45, 7) is 17.5. The van der Waals surface area contributed by atoms with E-state index in [2.05, 4.69) is 77.1 Å². The van der Waals surface area contributed by atoms with Crippen LogP contribution in [0.2, 0.25) is 0 Å². The van der Waals surface area contributed by atoms with E-state index in [1.54, 1.807) is 0 Å². The summed E-state index contributed by atoms with van der Waals surface area (Å²) in [6, 6.07) is 11.4. The van der Waals surface area contributed by atoms with Crippen molar-refractivity contribution in [1.29, 1.82) is 0 Å². The molecule has 2 aliphatic rings. The Hall–Kier alpha value is -0.980. The number of hydrogen-bond acceptors (Lipinski definition) is 5. The largest absolute Gasteiger partial charge is 0.316 e. The van der Waals surface area contributed by atoms with Gasteiger partial charge in [-0.25, -0.2) is 0 Å². The van der Waals surface area contributed by atoms with E-state index in [4.69, 9.17) is 0 Å². The highest BCUT2D eigenvalue weighted by Crippen LogP contribution is 2.26. The number of unbranched alkanes of at least 4 members (excludes halogenated alkanes) is 1. The molecule has 0 saturated carbocycles. The van der Waals surface area contributed by atoms with E-state index in [9.17, 15) is 0 Å². The lowest BCUT2D eigenvalue weighted by Gasteiger charge is -2.34. The van der Waals surface area contributed by atoms with Gasteiger partial charge in [0.05, 0.1) is 0 Å². The second kappa shape index (κ2) is 10.7. The van der Waals surface area contributed by atoms with Crippen LogP contribution in [0.4, 0.5) is 0 Å². The fourth-order valence-corrected chi connectivity index (χ4v) is 4.53. The van der Waals surface area contributed by atoms with Crippen molar-refractivity contribution >= 4 is 0 Å². The monoisotopic (exact) mass is 387 g/mol. The van der Waals surface area contributed by atoms with Crippen LogP contribution in [-0.4, -0.2) is 68.2 Å². The summed E-state index contributed by atoms with van der Waals surface area (Å²) in [5, 5.41) is 3.69. The fourth-order valence-electron chi connectivity index (χ4n) is 4.53. The summed E-state index contributed by atoms with van der Waals surface area (Å²) in [5.74, 6) is 0.678. The quantitative estimate of drug-likeness (QED) is 0.568. The maximum Gasteiger partial charge on any atom is 0.0314 e. The Bertz CT molecular complexity index is 548. The number of piperazine rings is 1. The summed E-state index contributed by atoms with van der Waals surface area (Å²) in [4.78, 5) is 5.23. The van der Waals surface area contributed by atoms with E-state index in [1.165, 1.54) is 51.1 Å². The summed E-state index contributed by atoms with van der Waals surface area (Å²) in [7, 11) is 0. The third-order valence-corrected chi connectivity index (χ3v) is 6.22. The fraction of sp³-hybridized carbons (Fsp3) is 0.739. The van der Waals surface area contributed by atoms with Gasteiger partial charge in [0.2, 0.25) is 0 Å². The second-order valence-corrected chi connectivity index (χ2v) is 9.64. The van der Waals surface area contributed by atoms with Gasteiger partial charge in [0.25, 0.3) is 0 Å². The molecule has 2 fully saturated rings. The Balaban J connectivity index is 1.22. The van der Waals surface area contributed by atoms with Gasteiger partial charge in [0.1, 0.15) is 0 Å². The van der Waals surface area contributed by atoms with E-state index >= 15 is 0 Å². The molecule has 0 spiro atoms. The third-order valence-electron chi connectivity index (χ3n) is 6.22. The standard InChI is InChI=1S/C23H41N5/c1-23(2,3)22-21(18-25-26-22)17-24-11-7-8-12-27-13-15-28(16-14-27)19-20-9-5-4-6-10-20/h4-6,9-10,21-22,24-26H,7-8,11-19H2,1-3H3. The molecule has 2 saturated heterocycles. The average molecular weight is 388 g/mol. The van der Waals surface area contributed by atoms with Crippen LogP contribution in [0.5, 0.6) is 0 Å². The number of rotatable bonds is 9. The van der Waals surface area contributed by atoms with Gasteiger partial charge in [0.15, 0.2) is 0 Å². The molecule has 0 radical (unpaired) electrons. The molecule has 3 rings (SSSR count). The van der Waals surface area contributed by atoms with Gasteiger partial charge in [-0.15, -0.1) is 0 Å². The van der Waals surface area contributed by atoms with Crippen molar-refractivity contribution < 1.29 is 0 Å². The minimum atomic E-state index is 0.304. The first kappa shape index (κ1) is 21.7. The van der Waals surface area contributed by atoms with E-state index in [0.717, 1.165) is 26.2 Å². The molecular weight excluding hydrogens is 346 g/mol. The van der Waals surface area contributed by atoms with Crippen LogP contribution in [-0.2, 0) is 6.54 Å². The lowest BCUT2D eigenvalue weighted by molar-refractivity contribution is 0.125. The van der Waals surface area contributed by atoms with Crippen molar-refractivity contribution in [2.45, 2.75) is 46.2 Å². The van der Waals surface area contributed by atoms with E-state index in [-0.39, 0.29) is 0 Å². The Morgan fingerprint density at radius 2 is 1.71 bits per heavy atom. The van der Waals surface area contributed by atoms with Gasteiger partial charge < -0.3 is 10.2 Å². The molecule has 0 bridgehead atoms. The molecule has 3 N–H and O–H groups in total. The van der Waals surface area contributed by atoms with Crippen molar-refractivity contribution in [2.75, 3.05) is 52.4 Å². The highest BCUT2D eigenvalue weighted by Gasteiger charge is 2.35. The van der Waals surface area contributed by atoms with Gasteiger partial charge in [-0.2, -0.15) is 0 Å². The topological polar surface area (TPSA) is 42.6 Å². The number of nitrogens with zero attached hydrogens (tertiary/aromatic N) is 2. The van der Waals surface area contributed by atoms with Gasteiger partial charge in [-0.1, -0.05) is 51.1 Å². The van der Waals surface area contributed by atoms with Crippen LogP contribution in [0.3, 0.4) is 0 Å². The first-order valence-corrected chi connectivity index (χ1v) is 11.2. The van der Waals surface area contributed by atoms with Crippen LogP contribution in [0, 0.1) is 11.3 Å². The minimum Gasteiger partial charge on any atom is -0.316 e. The second-order valence-electron chi connectivity index (χ2n) is 9.64. The highest BCUT2D eigenvalue weighted by atomic mass is 15.4. The molecule has 1 aromatic carbocycles. The SMILES string of the molecule is CC(C)(C)C1NNCC1CNCCCCN1CCN(Cc2ccccc2)CC1. The van der Waals surface area contributed by atoms with Crippen molar-refractivity contribution in [2.24, 2.45) is 11.3 Å². The predicted octanol–water partition coefficient (Wildman–Crippen LogP) is 2.31. The van der Waals surface area contributed by atoms with Crippen LogP contribution in [0.1, 0.15) is 39.2 Å². The predicted molar refractivity (Wildman–Crippen MR) is 118 cm³/mol. The molecule has 5 heteroatoms. The van der Waals surface area contributed by atoms with Gasteiger partial charge in [0, 0.05) is 57.8 Å². The number of benzene rings is 1. The van der Waals surface area contributed by atoms with Crippen LogP contribution in [0.25, 0.3) is 0 Å². The van der Waals surface area contributed by atoms with Crippen molar-refractivity contribution in [3.63, 3.8) is 0 Å². The van der Waals surface area contributed by atoms with Gasteiger partial charge in [-0.05, 0) is 36.9 Å². The van der Waals surface area contributed by atoms with Gasteiger partial charge >= 0.3 is 0 Å². The molecule has 2 atom stereocenters. The Labute approximate surface area is 172 Å². The van der Waals surface area contributed by atoms with Gasteiger partial charge in [-0.3, -0.25) is 15.8 Å². The highest BCUT2D eigenvalue weighted by molar-refractivity contribution is 5.14. The van der Waals surface area contributed by atoms with E-state index < -0.39 is 0 Å². The first-order valence-electron chi connectivity index (χ1n) is 11.2. The molecule has 2 aliphatic heterocycles. The van der Waals surface area contributed by atoms with E-state index in [0.29, 0.717) is 17.4 Å². The molecule has 0 aromatic heterocycles. The number of nitrogens with one attached hydrogen (secondary N) is 3. The van der Waals surface area contributed by atoms with Crippen molar-refractivity contribution in [3.05, 3.63) is 35.9 Å². The average Bonchev–Trinajstić information content (AvgIpc) is 3.16. The number of hydrogen-bond donors (Lipinski definition) is 3. The summed E-state index contributed by atoms with van der Waals surface area (Å²) in [5.41, 5.74) is 8.54. The molecule has 5 nitrogen and oxygen atoms in total. The zero-order valence-corrected chi connectivity index (χ0v) is 18.2. The van der Waals surface area contributed by atoms with Crippen LogP contribution in [0.15, 0.2) is 30.3 Å². The third kappa shape index (κ3) is 6.82. The molecular formula is C23H41N5. The maximum absolute atomic E-state index is 3.69. The zero-order chi connectivity index (χ0) is 19.8. The zero-order valence-electron chi connectivity index (χ0n) is 18.2. The first-order chi connectivity index (χ1) is 13.5. The van der Waals surface area contributed by atoms with Crippen LogP contribution >= 0.6 is 0 Å². The maximum atomic E-state index is 3.69. The van der Waals surface area contributed by atoms with Crippen molar-refractivity contribution in [3.8, 4) is 0 Å². The molecule has 2 unspecified atom stereocenters. The van der Waals surface area contributed by atoms with Crippen LogP contribution < -0.4 is 16.2 Å². The molecule has 0 amide bonds. The molecule has 1 aromatic rings. The Morgan fingerprint density at radius 3 is 2.43 bits per heavy atom. The molecule has 28 heavy (non-hydrogen) atoms. The summed E-state index contributed by atoms with van der Waals surface area (Å²) in [6.07, 6.45) is 2.58. The summed E-state index contributed by atoms with van der Waals surface area (Å²) < 4.78 is 0.